The second kappa shape index (κ2) is 9.11. The lowest BCUT2D eigenvalue weighted by Crippen LogP contribution is -2.22. The molecular formula is C22H26ClNO4S. The molecule has 0 radical (unpaired) electrons. The molecule has 0 N–H and O–H groups in total. The zero-order valence-electron chi connectivity index (χ0n) is 16.6. The lowest BCUT2D eigenvalue weighted by molar-refractivity contribution is -0.125. The summed E-state index contributed by atoms with van der Waals surface area (Å²) in [6, 6.07) is 0. The molecule has 0 amide bonds. The van der Waals surface area contributed by atoms with Crippen molar-refractivity contribution in [3.63, 3.8) is 0 Å². The summed E-state index contributed by atoms with van der Waals surface area (Å²) in [6.07, 6.45) is 9.59. The average Bonchev–Trinajstić information content (AvgIpc) is 3.20. The third kappa shape index (κ3) is 4.81. The summed E-state index contributed by atoms with van der Waals surface area (Å²) >= 11 is 7.53. The van der Waals surface area contributed by atoms with Crippen LogP contribution >= 0.6 is 22.9 Å². The molecule has 0 aromatic carbocycles. The molecule has 5 nitrogen and oxygen atoms in total. The fourth-order valence-electron chi connectivity index (χ4n) is 4.35. The molecule has 2 fully saturated rings. The first-order chi connectivity index (χ1) is 14.0. The number of carbonyl (C=O) groups excluding carboxylic acids is 2. The smallest absolute Gasteiger partial charge is 0.152 e. The molecular weight excluding hydrogens is 410 g/mol. The Morgan fingerprint density at radius 2 is 2.10 bits per heavy atom. The molecule has 29 heavy (non-hydrogen) atoms. The number of hydrogen-bond acceptors (Lipinski definition) is 6. The SMILES string of the molecule is Cc1sc(COC2=CCC(Cl)C=C2)nc1C1C(=O)CC(CC2CCOCC2)C1=O. The normalized spacial score (nSPS) is 28.1. The Morgan fingerprint density at radius 1 is 1.31 bits per heavy atom. The van der Waals surface area contributed by atoms with E-state index in [9.17, 15) is 9.59 Å². The quantitative estimate of drug-likeness (QED) is 0.487. The van der Waals surface area contributed by atoms with Gasteiger partial charge in [-0.15, -0.1) is 22.9 Å². The highest BCUT2D eigenvalue weighted by atomic mass is 35.5. The lowest BCUT2D eigenvalue weighted by Gasteiger charge is -2.23. The first-order valence-corrected chi connectivity index (χ1v) is 11.5. The highest BCUT2D eigenvalue weighted by Gasteiger charge is 2.44. The van der Waals surface area contributed by atoms with Crippen LogP contribution in [0.4, 0.5) is 0 Å². The second-order valence-electron chi connectivity index (χ2n) is 8.05. The number of rotatable bonds is 6. The molecule has 1 saturated carbocycles. The van der Waals surface area contributed by atoms with E-state index in [2.05, 4.69) is 4.98 Å². The third-order valence-electron chi connectivity index (χ3n) is 5.94. The van der Waals surface area contributed by atoms with Gasteiger partial charge in [0.1, 0.15) is 29.1 Å². The maximum Gasteiger partial charge on any atom is 0.152 e. The summed E-state index contributed by atoms with van der Waals surface area (Å²) in [5.74, 6) is 0.454. The van der Waals surface area contributed by atoms with Gasteiger partial charge in [-0.05, 0) is 50.7 Å². The minimum Gasteiger partial charge on any atom is -0.487 e. The molecule has 0 spiro atoms. The molecule has 3 aliphatic rings. The van der Waals surface area contributed by atoms with Crippen molar-refractivity contribution in [1.29, 1.82) is 0 Å². The van der Waals surface area contributed by atoms with E-state index < -0.39 is 5.92 Å². The van der Waals surface area contributed by atoms with Gasteiger partial charge < -0.3 is 9.47 Å². The van der Waals surface area contributed by atoms with Crippen molar-refractivity contribution in [2.24, 2.45) is 11.8 Å². The van der Waals surface area contributed by atoms with Gasteiger partial charge >= 0.3 is 0 Å². The van der Waals surface area contributed by atoms with Crippen LogP contribution in [0.15, 0.2) is 24.0 Å². The van der Waals surface area contributed by atoms with E-state index in [1.54, 1.807) is 0 Å². The molecule has 1 aromatic heterocycles. The van der Waals surface area contributed by atoms with Crippen molar-refractivity contribution >= 4 is 34.5 Å². The van der Waals surface area contributed by atoms with Gasteiger partial charge in [0, 0.05) is 30.4 Å². The maximum absolute atomic E-state index is 13.0. The number of aromatic nitrogens is 1. The summed E-state index contributed by atoms with van der Waals surface area (Å²) in [6.45, 7) is 3.78. The van der Waals surface area contributed by atoms with Gasteiger partial charge in [-0.3, -0.25) is 9.59 Å². The average molecular weight is 436 g/mol. The number of carbonyl (C=O) groups is 2. The van der Waals surface area contributed by atoms with Gasteiger partial charge in [0.15, 0.2) is 5.78 Å². The first kappa shape index (κ1) is 20.8. The van der Waals surface area contributed by atoms with Gasteiger partial charge in [-0.2, -0.15) is 0 Å². The van der Waals surface area contributed by atoms with Gasteiger partial charge in [0.2, 0.25) is 0 Å². The van der Waals surface area contributed by atoms with Crippen LogP contribution in [0, 0.1) is 18.8 Å². The monoisotopic (exact) mass is 435 g/mol. The van der Waals surface area contributed by atoms with Crippen molar-refractivity contribution in [2.45, 2.75) is 56.9 Å². The second-order valence-corrected chi connectivity index (χ2v) is 9.90. The summed E-state index contributed by atoms with van der Waals surface area (Å²) in [7, 11) is 0. The third-order valence-corrected chi connectivity index (χ3v) is 7.22. The van der Waals surface area contributed by atoms with Crippen molar-refractivity contribution in [3.05, 3.63) is 39.6 Å². The number of aryl methyl sites for hydroxylation is 1. The van der Waals surface area contributed by atoms with Gasteiger partial charge in [0.25, 0.3) is 0 Å². The van der Waals surface area contributed by atoms with E-state index in [4.69, 9.17) is 21.1 Å². The minimum atomic E-state index is -0.698. The number of ether oxygens (including phenoxy) is 2. The van der Waals surface area contributed by atoms with Crippen molar-refractivity contribution in [1.82, 2.24) is 4.98 Å². The van der Waals surface area contributed by atoms with E-state index in [1.165, 1.54) is 11.3 Å². The fourth-order valence-corrected chi connectivity index (χ4v) is 5.39. The molecule has 1 aliphatic heterocycles. The Labute approximate surface area is 180 Å². The molecule has 2 heterocycles. The Bertz CT molecular complexity index is 840. The highest BCUT2D eigenvalue weighted by Crippen LogP contribution is 2.39. The molecule has 1 saturated heterocycles. The van der Waals surface area contributed by atoms with Crippen LogP contribution < -0.4 is 0 Å². The van der Waals surface area contributed by atoms with Crippen molar-refractivity contribution in [3.8, 4) is 0 Å². The summed E-state index contributed by atoms with van der Waals surface area (Å²) in [5, 5.41) is 0.804. The van der Waals surface area contributed by atoms with E-state index in [-0.39, 0.29) is 22.9 Å². The standard InChI is InChI=1S/C22H26ClNO4S/c1-13-21(24-19(29-13)12-28-17-4-2-16(23)3-5-17)20-18(25)11-15(22(20)26)10-14-6-8-27-9-7-14/h2,4-5,14-16,20H,3,6-12H2,1H3. The maximum atomic E-state index is 13.0. The first-order valence-electron chi connectivity index (χ1n) is 10.3. The van der Waals surface area contributed by atoms with Gasteiger partial charge in [-0.25, -0.2) is 4.98 Å². The Kier molecular flexibility index (Phi) is 6.52. The molecule has 156 valence electrons. The van der Waals surface area contributed by atoms with E-state index >= 15 is 0 Å². The number of hydrogen-bond donors (Lipinski definition) is 0. The van der Waals surface area contributed by atoms with Crippen LogP contribution in [0.3, 0.4) is 0 Å². The topological polar surface area (TPSA) is 65.5 Å². The molecule has 0 bridgehead atoms. The van der Waals surface area contributed by atoms with Gasteiger partial charge in [-0.1, -0.05) is 6.08 Å². The van der Waals surface area contributed by atoms with Crippen LogP contribution in [-0.4, -0.2) is 35.1 Å². The van der Waals surface area contributed by atoms with Crippen LogP contribution in [0.2, 0.25) is 0 Å². The molecule has 3 unspecified atom stereocenters. The van der Waals surface area contributed by atoms with E-state index in [0.717, 1.165) is 54.5 Å². The minimum absolute atomic E-state index is 0.0130. The summed E-state index contributed by atoms with van der Waals surface area (Å²) in [5.41, 5.74) is 0.632. The number of thiazole rings is 1. The molecule has 3 atom stereocenters. The highest BCUT2D eigenvalue weighted by molar-refractivity contribution is 7.11. The number of Topliss-reactive ketones (excluding diaryl/α,β-unsaturated/α-hetero) is 2. The largest absolute Gasteiger partial charge is 0.487 e. The van der Waals surface area contributed by atoms with Crippen LogP contribution in [-0.2, 0) is 25.7 Å². The lowest BCUT2D eigenvalue weighted by atomic mass is 9.86. The summed E-state index contributed by atoms with van der Waals surface area (Å²) in [4.78, 5) is 31.3. The predicted molar refractivity (Wildman–Crippen MR) is 112 cm³/mol. The zero-order valence-corrected chi connectivity index (χ0v) is 18.1. The van der Waals surface area contributed by atoms with E-state index in [0.29, 0.717) is 24.6 Å². The molecule has 2 aliphatic carbocycles. The Hall–Kier alpha value is -1.50. The Balaban J connectivity index is 1.40. The van der Waals surface area contributed by atoms with Crippen LogP contribution in [0.1, 0.15) is 53.6 Å². The van der Waals surface area contributed by atoms with Crippen LogP contribution in [0.25, 0.3) is 0 Å². The zero-order chi connectivity index (χ0) is 20.4. The predicted octanol–water partition coefficient (Wildman–Crippen LogP) is 4.48. The van der Waals surface area contributed by atoms with Gasteiger partial charge in [0.05, 0.1) is 11.1 Å². The number of nitrogens with zero attached hydrogens (tertiary/aromatic N) is 1. The Morgan fingerprint density at radius 3 is 2.83 bits per heavy atom. The van der Waals surface area contributed by atoms with Crippen molar-refractivity contribution in [2.75, 3.05) is 13.2 Å². The molecule has 1 aromatic rings. The summed E-state index contributed by atoms with van der Waals surface area (Å²) < 4.78 is 11.2. The number of ketones is 2. The van der Waals surface area contributed by atoms with Crippen LogP contribution in [0.5, 0.6) is 0 Å². The molecule has 7 heteroatoms. The number of allylic oxidation sites excluding steroid dienone is 3. The number of alkyl halides is 1. The van der Waals surface area contributed by atoms with E-state index in [1.807, 2.05) is 25.2 Å². The molecule has 4 rings (SSSR count). The van der Waals surface area contributed by atoms with Crippen molar-refractivity contribution < 1.29 is 19.1 Å². The number of halogens is 1. The fraction of sp³-hybridized carbons (Fsp3) is 0.591.